The third-order valence-electron chi connectivity index (χ3n) is 3.99. The number of halogens is 1. The summed E-state index contributed by atoms with van der Waals surface area (Å²) in [6, 6.07) is 13.2. The quantitative estimate of drug-likeness (QED) is 0.818. The Labute approximate surface area is 154 Å². The van der Waals surface area contributed by atoms with E-state index in [4.69, 9.17) is 4.74 Å². The highest BCUT2D eigenvalue weighted by Crippen LogP contribution is 2.16. The first-order chi connectivity index (χ1) is 11.8. The molecule has 6 nitrogen and oxygen atoms in total. The van der Waals surface area contributed by atoms with E-state index in [0.29, 0.717) is 25.6 Å². The van der Waals surface area contributed by atoms with Crippen molar-refractivity contribution in [2.45, 2.75) is 13.3 Å². The zero-order chi connectivity index (χ0) is 16.8. The molecule has 0 bridgehead atoms. The molecule has 1 fully saturated rings. The summed E-state index contributed by atoms with van der Waals surface area (Å²) < 4.78 is 5.45. The highest BCUT2D eigenvalue weighted by molar-refractivity contribution is 5.94. The van der Waals surface area contributed by atoms with Gasteiger partial charge in [-0.05, 0) is 24.6 Å². The van der Waals surface area contributed by atoms with Gasteiger partial charge in [0.25, 0.3) is 5.91 Å². The average molecular weight is 363 g/mol. The van der Waals surface area contributed by atoms with Crippen LogP contribution in [0, 0.1) is 0 Å². The first-order valence-electron chi connectivity index (χ1n) is 8.33. The number of carbonyl (C=O) groups excluding carboxylic acids is 1. The molecule has 2 aromatic rings. The second-order valence-electron chi connectivity index (χ2n) is 5.72. The molecule has 3 rings (SSSR count). The monoisotopic (exact) mass is 362 g/mol. The minimum atomic E-state index is 0. The minimum absolute atomic E-state index is 0. The molecule has 7 heteroatoms. The lowest BCUT2D eigenvalue weighted by Gasteiger charge is -2.35. The van der Waals surface area contributed by atoms with Crippen LogP contribution in [0.5, 0.6) is 5.88 Å². The molecule has 0 aliphatic carbocycles. The molecular weight excluding hydrogens is 340 g/mol. The van der Waals surface area contributed by atoms with Crippen LogP contribution in [0.4, 0.5) is 5.82 Å². The topological polar surface area (TPSA) is 58.6 Å². The van der Waals surface area contributed by atoms with Gasteiger partial charge in [-0.25, -0.2) is 0 Å². The number of anilines is 1. The fraction of sp³-hybridized carbons (Fsp3) is 0.389. The van der Waals surface area contributed by atoms with Crippen LogP contribution in [0.25, 0.3) is 0 Å². The molecule has 0 radical (unpaired) electrons. The summed E-state index contributed by atoms with van der Waals surface area (Å²) in [5.41, 5.74) is 0.739. The van der Waals surface area contributed by atoms with Crippen molar-refractivity contribution in [2.24, 2.45) is 0 Å². The summed E-state index contributed by atoms with van der Waals surface area (Å²) in [4.78, 5) is 16.5. The number of ether oxygens (including phenoxy) is 1. The van der Waals surface area contributed by atoms with Gasteiger partial charge < -0.3 is 14.5 Å². The van der Waals surface area contributed by atoms with Crippen LogP contribution >= 0.6 is 12.4 Å². The van der Waals surface area contributed by atoms with Gasteiger partial charge in [-0.15, -0.1) is 22.6 Å². The molecule has 134 valence electrons. The Bertz CT molecular complexity index is 659. The first-order valence-corrected chi connectivity index (χ1v) is 8.33. The van der Waals surface area contributed by atoms with E-state index in [9.17, 15) is 4.79 Å². The van der Waals surface area contributed by atoms with Crippen LogP contribution < -0.4 is 9.64 Å². The Balaban J connectivity index is 0.00000225. The predicted octanol–water partition coefficient (Wildman–Crippen LogP) is 2.65. The highest BCUT2D eigenvalue weighted by Gasteiger charge is 2.22. The SMILES string of the molecule is CCCOc1ccc(N2CCN(C(=O)c3ccccc3)CC2)nn1.Cl. The molecule has 1 aromatic heterocycles. The number of piperazine rings is 1. The van der Waals surface area contributed by atoms with Crippen LogP contribution in [0.2, 0.25) is 0 Å². The molecule has 1 aromatic carbocycles. The molecule has 1 aliphatic heterocycles. The van der Waals surface area contributed by atoms with Gasteiger partial charge in [0.1, 0.15) is 0 Å². The highest BCUT2D eigenvalue weighted by atomic mass is 35.5. The molecule has 1 saturated heterocycles. The predicted molar refractivity (Wildman–Crippen MR) is 99.6 cm³/mol. The Morgan fingerprint density at radius 1 is 1.04 bits per heavy atom. The Hall–Kier alpha value is -2.34. The molecule has 0 unspecified atom stereocenters. The molecular formula is C18H23ClN4O2. The van der Waals surface area contributed by atoms with Crippen LogP contribution in [-0.4, -0.2) is 53.8 Å². The summed E-state index contributed by atoms with van der Waals surface area (Å²) in [7, 11) is 0. The Morgan fingerprint density at radius 3 is 2.36 bits per heavy atom. The first kappa shape index (κ1) is 19.0. The zero-order valence-corrected chi connectivity index (χ0v) is 15.1. The number of amides is 1. The lowest BCUT2D eigenvalue weighted by Crippen LogP contribution is -2.49. The van der Waals surface area contributed by atoms with E-state index in [1.165, 1.54) is 0 Å². The van der Waals surface area contributed by atoms with Crippen LogP contribution in [0.15, 0.2) is 42.5 Å². The number of hydrogen-bond acceptors (Lipinski definition) is 5. The number of rotatable bonds is 5. The summed E-state index contributed by atoms with van der Waals surface area (Å²) in [5.74, 6) is 1.47. The lowest BCUT2D eigenvalue weighted by atomic mass is 10.2. The van der Waals surface area contributed by atoms with Crippen molar-refractivity contribution in [3.8, 4) is 5.88 Å². The smallest absolute Gasteiger partial charge is 0.253 e. The molecule has 1 amide bonds. The Morgan fingerprint density at radius 2 is 1.76 bits per heavy atom. The minimum Gasteiger partial charge on any atom is -0.477 e. The van der Waals surface area contributed by atoms with Gasteiger partial charge >= 0.3 is 0 Å². The molecule has 2 heterocycles. The van der Waals surface area contributed by atoms with Crippen molar-refractivity contribution >= 4 is 24.1 Å². The molecule has 0 N–H and O–H groups in total. The standard InChI is InChI=1S/C18H22N4O2.ClH/c1-2-14-24-17-9-8-16(19-20-17)21-10-12-22(13-11-21)18(23)15-6-4-3-5-7-15;/h3-9H,2,10-14H2,1H3;1H. The van der Waals surface area contributed by atoms with Crippen molar-refractivity contribution in [3.63, 3.8) is 0 Å². The third-order valence-corrected chi connectivity index (χ3v) is 3.99. The maximum atomic E-state index is 12.5. The zero-order valence-electron chi connectivity index (χ0n) is 14.3. The van der Waals surface area contributed by atoms with Crippen LogP contribution in [0.3, 0.4) is 0 Å². The number of hydrogen-bond donors (Lipinski definition) is 0. The second kappa shape index (κ2) is 9.22. The van der Waals surface area contributed by atoms with Gasteiger partial charge in [-0.3, -0.25) is 4.79 Å². The van der Waals surface area contributed by atoms with Crippen molar-refractivity contribution in [2.75, 3.05) is 37.7 Å². The summed E-state index contributed by atoms with van der Waals surface area (Å²) >= 11 is 0. The second-order valence-corrected chi connectivity index (χ2v) is 5.72. The van der Waals surface area contributed by atoms with E-state index in [-0.39, 0.29) is 18.3 Å². The molecule has 0 atom stereocenters. The Kier molecular flexibility index (Phi) is 7.01. The largest absolute Gasteiger partial charge is 0.477 e. The maximum Gasteiger partial charge on any atom is 0.253 e. The van der Waals surface area contributed by atoms with E-state index < -0.39 is 0 Å². The van der Waals surface area contributed by atoms with Gasteiger partial charge in [0.2, 0.25) is 5.88 Å². The van der Waals surface area contributed by atoms with E-state index in [1.807, 2.05) is 47.4 Å². The molecule has 0 saturated carbocycles. The van der Waals surface area contributed by atoms with E-state index >= 15 is 0 Å². The summed E-state index contributed by atoms with van der Waals surface area (Å²) in [6.45, 7) is 5.57. The van der Waals surface area contributed by atoms with Gasteiger partial charge in [0, 0.05) is 37.8 Å². The van der Waals surface area contributed by atoms with Gasteiger partial charge in [-0.2, -0.15) is 0 Å². The molecule has 1 aliphatic rings. The van der Waals surface area contributed by atoms with E-state index in [1.54, 1.807) is 0 Å². The van der Waals surface area contributed by atoms with Crippen molar-refractivity contribution in [1.82, 2.24) is 15.1 Å². The molecule has 25 heavy (non-hydrogen) atoms. The van der Waals surface area contributed by atoms with Crippen molar-refractivity contribution in [3.05, 3.63) is 48.0 Å². The average Bonchev–Trinajstić information content (AvgIpc) is 2.67. The number of carbonyl (C=O) groups is 1. The van der Waals surface area contributed by atoms with Gasteiger partial charge in [-0.1, -0.05) is 25.1 Å². The number of benzene rings is 1. The van der Waals surface area contributed by atoms with Crippen molar-refractivity contribution < 1.29 is 9.53 Å². The van der Waals surface area contributed by atoms with Crippen LogP contribution in [0.1, 0.15) is 23.7 Å². The van der Waals surface area contributed by atoms with Crippen molar-refractivity contribution in [1.29, 1.82) is 0 Å². The summed E-state index contributed by atoms with van der Waals surface area (Å²) in [6.07, 6.45) is 0.945. The normalized spacial score (nSPS) is 14.0. The van der Waals surface area contributed by atoms with E-state index in [0.717, 1.165) is 30.9 Å². The van der Waals surface area contributed by atoms with E-state index in [2.05, 4.69) is 22.0 Å². The van der Waals surface area contributed by atoms with Gasteiger partial charge in [0.05, 0.1) is 6.61 Å². The maximum absolute atomic E-state index is 12.5. The number of aromatic nitrogens is 2. The fourth-order valence-corrected chi connectivity index (χ4v) is 2.67. The summed E-state index contributed by atoms with van der Waals surface area (Å²) in [5, 5.41) is 8.33. The fourth-order valence-electron chi connectivity index (χ4n) is 2.67. The lowest BCUT2D eigenvalue weighted by molar-refractivity contribution is 0.0746. The number of nitrogens with zero attached hydrogens (tertiary/aromatic N) is 4. The third kappa shape index (κ3) is 4.82. The molecule has 0 spiro atoms. The van der Waals surface area contributed by atoms with Gasteiger partial charge in [0.15, 0.2) is 5.82 Å². The van der Waals surface area contributed by atoms with Crippen LogP contribution in [-0.2, 0) is 0 Å².